The quantitative estimate of drug-likeness (QED) is 0.479. The minimum Gasteiger partial charge on any atom is -0.378 e. The number of nitrogens with one attached hydrogen (secondary N) is 2. The molecule has 0 saturated carbocycles. The van der Waals surface area contributed by atoms with Gasteiger partial charge in [0.1, 0.15) is 17.6 Å². The van der Waals surface area contributed by atoms with Crippen LogP contribution in [0.2, 0.25) is 0 Å². The number of hydrogen-bond acceptors (Lipinski definition) is 6. The predicted octanol–water partition coefficient (Wildman–Crippen LogP) is 2.39. The van der Waals surface area contributed by atoms with Crippen molar-refractivity contribution in [2.24, 2.45) is 0 Å². The minimum absolute atomic E-state index is 0.0352. The number of rotatable bonds is 6. The molecule has 2 N–H and O–H groups in total. The van der Waals surface area contributed by atoms with E-state index in [-0.39, 0.29) is 5.69 Å². The van der Waals surface area contributed by atoms with Gasteiger partial charge in [-0.25, -0.2) is 4.98 Å². The summed E-state index contributed by atoms with van der Waals surface area (Å²) in [7, 11) is 0. The first kappa shape index (κ1) is 14.3. The number of benzene rings is 1. The summed E-state index contributed by atoms with van der Waals surface area (Å²) in [6.07, 6.45) is 1.60. The normalized spacial score (nSPS) is 9.67. The first-order chi connectivity index (χ1) is 10.2. The van der Waals surface area contributed by atoms with Gasteiger partial charge in [-0.15, -0.1) is 0 Å². The molecule has 0 aliphatic carbocycles. The fourth-order valence-electron chi connectivity index (χ4n) is 1.80. The molecule has 0 aliphatic rings. The monoisotopic (exact) mass is 283 g/mol. The van der Waals surface area contributed by atoms with Gasteiger partial charge < -0.3 is 10.6 Å². The predicted molar refractivity (Wildman–Crippen MR) is 79.0 cm³/mol. The first-order valence-electron chi connectivity index (χ1n) is 6.28. The highest BCUT2D eigenvalue weighted by Gasteiger charge is 2.11. The van der Waals surface area contributed by atoms with Gasteiger partial charge in [0.15, 0.2) is 0 Å². The van der Waals surface area contributed by atoms with Crippen molar-refractivity contribution in [3.05, 3.63) is 58.3 Å². The Hall–Kier alpha value is -3.14. The molecular formula is C14H13N5O2. The van der Waals surface area contributed by atoms with Crippen molar-refractivity contribution in [3.63, 3.8) is 0 Å². The van der Waals surface area contributed by atoms with Crippen LogP contribution >= 0.6 is 0 Å². The molecule has 1 aromatic heterocycles. The third-order valence-electron chi connectivity index (χ3n) is 2.76. The van der Waals surface area contributed by atoms with E-state index in [0.717, 1.165) is 0 Å². The van der Waals surface area contributed by atoms with Gasteiger partial charge in [0, 0.05) is 25.4 Å². The molecule has 1 aromatic carbocycles. The Kier molecular flexibility index (Phi) is 4.66. The molecule has 0 unspecified atom stereocenters. The van der Waals surface area contributed by atoms with Crippen LogP contribution < -0.4 is 10.6 Å². The van der Waals surface area contributed by atoms with E-state index in [1.807, 2.05) is 6.07 Å². The summed E-state index contributed by atoms with van der Waals surface area (Å²) in [4.78, 5) is 14.5. The highest BCUT2D eigenvalue weighted by Crippen LogP contribution is 2.22. The number of nitrogens with zero attached hydrogens (tertiary/aromatic N) is 3. The molecule has 0 bridgehead atoms. The Morgan fingerprint density at radius 3 is 2.71 bits per heavy atom. The zero-order valence-corrected chi connectivity index (χ0v) is 11.1. The van der Waals surface area contributed by atoms with Crippen molar-refractivity contribution in [3.8, 4) is 6.07 Å². The van der Waals surface area contributed by atoms with Crippen LogP contribution in [-0.2, 0) is 0 Å². The Balaban J connectivity index is 1.91. The number of pyridine rings is 1. The van der Waals surface area contributed by atoms with Gasteiger partial charge in [-0.05, 0) is 18.2 Å². The molecule has 0 fully saturated rings. The molecule has 1 heterocycles. The van der Waals surface area contributed by atoms with Gasteiger partial charge in [0.05, 0.1) is 10.5 Å². The summed E-state index contributed by atoms with van der Waals surface area (Å²) >= 11 is 0. The molecule has 0 atom stereocenters. The lowest BCUT2D eigenvalue weighted by atomic mass is 10.2. The standard InChI is InChI=1S/C14H13N5O2/c15-10-11-4-3-7-17-14(11)18-9-8-16-12-5-1-2-6-13(12)19(20)21/h1-7,16H,8-9H2,(H,17,18). The van der Waals surface area contributed by atoms with Gasteiger partial charge in [0.2, 0.25) is 0 Å². The van der Waals surface area contributed by atoms with Crippen LogP contribution in [0.15, 0.2) is 42.6 Å². The van der Waals surface area contributed by atoms with Crippen LogP contribution in [-0.4, -0.2) is 23.0 Å². The maximum Gasteiger partial charge on any atom is 0.292 e. The van der Waals surface area contributed by atoms with Gasteiger partial charge >= 0.3 is 0 Å². The van der Waals surface area contributed by atoms with E-state index in [2.05, 4.69) is 15.6 Å². The molecule has 0 aliphatic heterocycles. The van der Waals surface area contributed by atoms with E-state index in [9.17, 15) is 10.1 Å². The van der Waals surface area contributed by atoms with Crippen LogP contribution in [0, 0.1) is 21.4 Å². The van der Waals surface area contributed by atoms with Crippen molar-refractivity contribution in [2.75, 3.05) is 23.7 Å². The Labute approximate surface area is 121 Å². The number of nitro benzene ring substituents is 1. The van der Waals surface area contributed by atoms with Crippen molar-refractivity contribution in [2.45, 2.75) is 0 Å². The van der Waals surface area contributed by atoms with Crippen LogP contribution in [0.3, 0.4) is 0 Å². The van der Waals surface area contributed by atoms with Gasteiger partial charge in [0.25, 0.3) is 5.69 Å². The van der Waals surface area contributed by atoms with E-state index >= 15 is 0 Å². The molecule has 7 heteroatoms. The van der Waals surface area contributed by atoms with E-state index in [0.29, 0.717) is 30.2 Å². The first-order valence-corrected chi connectivity index (χ1v) is 6.28. The number of anilines is 2. The molecular weight excluding hydrogens is 270 g/mol. The maximum atomic E-state index is 10.9. The van der Waals surface area contributed by atoms with E-state index in [1.165, 1.54) is 6.07 Å². The van der Waals surface area contributed by atoms with Crippen molar-refractivity contribution in [1.29, 1.82) is 5.26 Å². The van der Waals surface area contributed by atoms with E-state index in [1.54, 1.807) is 36.5 Å². The average Bonchev–Trinajstić information content (AvgIpc) is 2.52. The second kappa shape index (κ2) is 6.86. The molecule has 7 nitrogen and oxygen atoms in total. The average molecular weight is 283 g/mol. The summed E-state index contributed by atoms with van der Waals surface area (Å²) < 4.78 is 0. The number of hydrogen-bond donors (Lipinski definition) is 2. The van der Waals surface area contributed by atoms with Crippen molar-refractivity contribution >= 4 is 17.2 Å². The zero-order valence-electron chi connectivity index (χ0n) is 11.1. The third kappa shape index (κ3) is 3.67. The fourth-order valence-corrected chi connectivity index (χ4v) is 1.80. The summed E-state index contributed by atoms with van der Waals surface area (Å²) in [6.45, 7) is 0.948. The van der Waals surface area contributed by atoms with E-state index < -0.39 is 4.92 Å². The molecule has 0 saturated heterocycles. The van der Waals surface area contributed by atoms with Gasteiger partial charge in [-0.1, -0.05) is 12.1 Å². The summed E-state index contributed by atoms with van der Waals surface area (Å²) in [5, 5.41) is 25.8. The SMILES string of the molecule is N#Cc1cccnc1NCCNc1ccccc1[N+](=O)[O-]. The maximum absolute atomic E-state index is 10.9. The van der Waals surface area contributed by atoms with Crippen LogP contribution in [0.4, 0.5) is 17.2 Å². The molecule has 106 valence electrons. The Morgan fingerprint density at radius 2 is 1.95 bits per heavy atom. The number of nitro groups is 1. The Morgan fingerprint density at radius 1 is 1.19 bits per heavy atom. The van der Waals surface area contributed by atoms with Crippen molar-refractivity contribution in [1.82, 2.24) is 4.98 Å². The third-order valence-corrected chi connectivity index (χ3v) is 2.76. The second-order valence-corrected chi connectivity index (χ2v) is 4.14. The zero-order chi connectivity index (χ0) is 15.1. The number of aromatic nitrogens is 1. The lowest BCUT2D eigenvalue weighted by molar-refractivity contribution is -0.384. The topological polar surface area (TPSA) is 104 Å². The smallest absolute Gasteiger partial charge is 0.292 e. The molecule has 2 rings (SSSR count). The molecule has 0 spiro atoms. The molecule has 2 aromatic rings. The number of nitriles is 1. The molecule has 21 heavy (non-hydrogen) atoms. The highest BCUT2D eigenvalue weighted by atomic mass is 16.6. The largest absolute Gasteiger partial charge is 0.378 e. The van der Waals surface area contributed by atoms with Gasteiger partial charge in [-0.3, -0.25) is 10.1 Å². The van der Waals surface area contributed by atoms with Gasteiger partial charge in [-0.2, -0.15) is 5.26 Å². The molecule has 0 radical (unpaired) electrons. The second-order valence-electron chi connectivity index (χ2n) is 4.14. The minimum atomic E-state index is -0.428. The fraction of sp³-hybridized carbons (Fsp3) is 0.143. The van der Waals surface area contributed by atoms with Crippen molar-refractivity contribution < 1.29 is 4.92 Å². The van der Waals surface area contributed by atoms with Crippen LogP contribution in [0.25, 0.3) is 0 Å². The number of para-hydroxylation sites is 2. The highest BCUT2D eigenvalue weighted by molar-refractivity contribution is 5.61. The Bertz CT molecular complexity index is 681. The summed E-state index contributed by atoms with van der Waals surface area (Å²) in [5.74, 6) is 0.504. The van der Waals surface area contributed by atoms with E-state index in [4.69, 9.17) is 5.26 Å². The summed E-state index contributed by atoms with van der Waals surface area (Å²) in [5.41, 5.74) is 0.960. The van der Waals surface area contributed by atoms with Crippen LogP contribution in [0.5, 0.6) is 0 Å². The molecule has 0 amide bonds. The summed E-state index contributed by atoms with van der Waals surface area (Å²) in [6, 6.07) is 11.9. The lowest BCUT2D eigenvalue weighted by Crippen LogP contribution is -2.15. The lowest BCUT2D eigenvalue weighted by Gasteiger charge is -2.09. The van der Waals surface area contributed by atoms with Crippen LogP contribution in [0.1, 0.15) is 5.56 Å².